The first-order chi connectivity index (χ1) is 9.93. The molecule has 0 atom stereocenters. The van der Waals surface area contributed by atoms with Crippen molar-refractivity contribution in [3.05, 3.63) is 24.3 Å². The summed E-state index contributed by atoms with van der Waals surface area (Å²) in [5, 5.41) is 14.7. The van der Waals surface area contributed by atoms with Gasteiger partial charge < -0.3 is 5.32 Å². The van der Waals surface area contributed by atoms with Crippen LogP contribution in [-0.2, 0) is 26.1 Å². The van der Waals surface area contributed by atoms with E-state index in [2.05, 4.69) is 30.8 Å². The summed E-state index contributed by atoms with van der Waals surface area (Å²) in [4.78, 5) is 8.26. The van der Waals surface area contributed by atoms with Crippen LogP contribution in [0, 0.1) is 0 Å². The summed E-state index contributed by atoms with van der Waals surface area (Å²) in [5.74, 6) is 2.20. The van der Waals surface area contributed by atoms with Crippen LogP contribution in [-0.4, -0.2) is 49.2 Å². The molecule has 2 aromatic rings. The first-order valence-corrected chi connectivity index (χ1v) is 7.08. The van der Waals surface area contributed by atoms with E-state index in [4.69, 9.17) is 0 Å². The molecule has 0 aromatic carbocycles. The molecule has 0 bridgehead atoms. The highest BCUT2D eigenvalue weighted by molar-refractivity contribution is 4.87. The van der Waals surface area contributed by atoms with Gasteiger partial charge in [-0.05, 0) is 13.0 Å². The molecule has 108 valence electrons. The van der Waals surface area contributed by atoms with Gasteiger partial charge in [-0.25, -0.2) is 19.3 Å². The van der Waals surface area contributed by atoms with Crippen molar-refractivity contribution in [1.29, 1.82) is 0 Å². The van der Waals surface area contributed by atoms with Crippen molar-refractivity contribution < 1.29 is 0 Å². The Morgan fingerprint density at radius 2 is 1.65 bits per heavy atom. The lowest BCUT2D eigenvalue weighted by Crippen LogP contribution is -2.17. The topological polar surface area (TPSA) is 85.5 Å². The van der Waals surface area contributed by atoms with Gasteiger partial charge in [0.2, 0.25) is 0 Å². The zero-order chi connectivity index (χ0) is 13.6. The standard InChI is InChI=1S/2C6H10N4/c1-2-7-3-4-10-6(1)8-5-9-10;1-2-6-8-4-9-10(6)5-7-3-1/h5,7H,1-4H2;4,7H,1-3,5H2. The molecule has 4 rings (SSSR count). The van der Waals surface area contributed by atoms with Crippen LogP contribution < -0.4 is 10.6 Å². The first kappa shape index (κ1) is 13.2. The number of hydrogen-bond acceptors (Lipinski definition) is 6. The van der Waals surface area contributed by atoms with E-state index in [0.29, 0.717) is 0 Å². The van der Waals surface area contributed by atoms with Crippen LogP contribution in [0.3, 0.4) is 0 Å². The zero-order valence-corrected chi connectivity index (χ0v) is 11.5. The third-order valence-corrected chi connectivity index (χ3v) is 3.43. The van der Waals surface area contributed by atoms with Gasteiger partial charge in [-0.3, -0.25) is 5.32 Å². The van der Waals surface area contributed by atoms with Gasteiger partial charge >= 0.3 is 0 Å². The molecule has 0 amide bonds. The Balaban J connectivity index is 0.000000121. The summed E-state index contributed by atoms with van der Waals surface area (Å²) in [6.45, 7) is 4.88. The molecule has 8 heteroatoms. The number of hydrogen-bond donors (Lipinski definition) is 2. The summed E-state index contributed by atoms with van der Waals surface area (Å²) in [6.07, 6.45) is 6.45. The lowest BCUT2D eigenvalue weighted by atomic mass is 10.3. The molecular weight excluding hydrogens is 256 g/mol. The van der Waals surface area contributed by atoms with Gasteiger partial charge in [0.1, 0.15) is 24.3 Å². The van der Waals surface area contributed by atoms with E-state index in [-0.39, 0.29) is 0 Å². The molecule has 0 spiro atoms. The van der Waals surface area contributed by atoms with E-state index in [1.807, 2.05) is 9.36 Å². The fourth-order valence-electron chi connectivity index (χ4n) is 2.35. The molecule has 0 saturated heterocycles. The third kappa shape index (κ3) is 3.20. The largest absolute Gasteiger partial charge is 0.314 e. The van der Waals surface area contributed by atoms with E-state index in [9.17, 15) is 0 Å². The Morgan fingerprint density at radius 3 is 2.55 bits per heavy atom. The third-order valence-electron chi connectivity index (χ3n) is 3.43. The molecule has 0 unspecified atom stereocenters. The molecule has 8 nitrogen and oxygen atoms in total. The van der Waals surface area contributed by atoms with Gasteiger partial charge in [-0.2, -0.15) is 10.2 Å². The van der Waals surface area contributed by atoms with Gasteiger partial charge in [0, 0.05) is 25.9 Å². The number of aromatic nitrogens is 6. The van der Waals surface area contributed by atoms with Crippen LogP contribution >= 0.6 is 0 Å². The SMILES string of the molecule is c1nc2n(n1)CCNCC2.c1nc2n(n1)CNCCC2. The minimum absolute atomic E-state index is 0.815. The summed E-state index contributed by atoms with van der Waals surface area (Å²) in [5.41, 5.74) is 0. The van der Waals surface area contributed by atoms with Gasteiger partial charge in [0.05, 0.1) is 13.2 Å². The number of fused-ring (bicyclic) bond motifs is 2. The normalized spacial score (nSPS) is 18.0. The second kappa shape index (κ2) is 6.58. The van der Waals surface area contributed by atoms with Gasteiger partial charge in [0.25, 0.3) is 0 Å². The maximum atomic E-state index is 4.13. The molecule has 0 radical (unpaired) electrons. The number of nitrogens with zero attached hydrogens (tertiary/aromatic N) is 6. The molecule has 0 fully saturated rings. The molecular formula is C12H20N8. The summed E-state index contributed by atoms with van der Waals surface area (Å²) >= 11 is 0. The second-order valence-corrected chi connectivity index (χ2v) is 4.84. The Morgan fingerprint density at radius 1 is 0.850 bits per heavy atom. The molecule has 2 aliphatic heterocycles. The van der Waals surface area contributed by atoms with Crippen molar-refractivity contribution in [3.8, 4) is 0 Å². The maximum absolute atomic E-state index is 4.13. The average Bonchev–Trinajstić information content (AvgIpc) is 2.98. The van der Waals surface area contributed by atoms with Crippen molar-refractivity contribution in [2.24, 2.45) is 0 Å². The monoisotopic (exact) mass is 276 g/mol. The van der Waals surface area contributed by atoms with E-state index in [1.165, 1.54) is 6.42 Å². The van der Waals surface area contributed by atoms with E-state index < -0.39 is 0 Å². The average molecular weight is 276 g/mol. The second-order valence-electron chi connectivity index (χ2n) is 4.84. The molecule has 0 saturated carbocycles. The van der Waals surface area contributed by atoms with Crippen LogP contribution in [0.5, 0.6) is 0 Å². The van der Waals surface area contributed by atoms with Crippen molar-refractivity contribution in [3.63, 3.8) is 0 Å². The van der Waals surface area contributed by atoms with Crippen LogP contribution in [0.2, 0.25) is 0 Å². The summed E-state index contributed by atoms with van der Waals surface area (Å²) < 4.78 is 3.87. The minimum Gasteiger partial charge on any atom is -0.314 e. The lowest BCUT2D eigenvalue weighted by molar-refractivity contribution is 0.528. The van der Waals surface area contributed by atoms with Gasteiger partial charge in [0.15, 0.2) is 0 Å². The smallest absolute Gasteiger partial charge is 0.138 e. The van der Waals surface area contributed by atoms with Crippen molar-refractivity contribution >= 4 is 0 Å². The van der Waals surface area contributed by atoms with Crippen LogP contribution in [0.4, 0.5) is 0 Å². The Kier molecular flexibility index (Phi) is 4.34. The quantitative estimate of drug-likeness (QED) is 0.655. The van der Waals surface area contributed by atoms with Gasteiger partial charge in [-0.1, -0.05) is 0 Å². The van der Waals surface area contributed by atoms with Crippen molar-refractivity contribution in [2.75, 3.05) is 19.6 Å². The van der Waals surface area contributed by atoms with Crippen LogP contribution in [0.1, 0.15) is 18.1 Å². The highest BCUT2D eigenvalue weighted by Crippen LogP contribution is 2.00. The molecule has 20 heavy (non-hydrogen) atoms. The van der Waals surface area contributed by atoms with Crippen LogP contribution in [0.15, 0.2) is 12.7 Å². The number of aryl methyl sites for hydroxylation is 1. The first-order valence-electron chi connectivity index (χ1n) is 7.08. The zero-order valence-electron chi connectivity index (χ0n) is 11.5. The highest BCUT2D eigenvalue weighted by Gasteiger charge is 2.07. The molecule has 2 N–H and O–H groups in total. The Labute approximate surface area is 117 Å². The Hall–Kier alpha value is -1.80. The number of nitrogens with one attached hydrogen (secondary N) is 2. The fraction of sp³-hybridized carbons (Fsp3) is 0.667. The molecule has 4 heterocycles. The molecule has 2 aromatic heterocycles. The predicted octanol–water partition coefficient (Wildman–Crippen LogP) is -0.805. The maximum Gasteiger partial charge on any atom is 0.138 e. The highest BCUT2D eigenvalue weighted by atomic mass is 15.4. The predicted molar refractivity (Wildman–Crippen MR) is 72.9 cm³/mol. The van der Waals surface area contributed by atoms with Crippen molar-refractivity contribution in [2.45, 2.75) is 32.5 Å². The van der Waals surface area contributed by atoms with E-state index >= 15 is 0 Å². The van der Waals surface area contributed by atoms with Crippen LogP contribution in [0.25, 0.3) is 0 Å². The summed E-state index contributed by atoms with van der Waals surface area (Å²) in [6, 6.07) is 0. The number of rotatable bonds is 0. The lowest BCUT2D eigenvalue weighted by Gasteiger charge is -1.98. The minimum atomic E-state index is 0.815. The fourth-order valence-corrected chi connectivity index (χ4v) is 2.35. The van der Waals surface area contributed by atoms with Gasteiger partial charge in [-0.15, -0.1) is 0 Å². The Bertz CT molecular complexity index is 442. The summed E-state index contributed by atoms with van der Waals surface area (Å²) in [7, 11) is 0. The molecule has 0 aliphatic carbocycles. The van der Waals surface area contributed by atoms with E-state index in [0.717, 1.165) is 57.3 Å². The molecule has 2 aliphatic rings. The van der Waals surface area contributed by atoms with Crippen molar-refractivity contribution in [1.82, 2.24) is 40.2 Å². The van der Waals surface area contributed by atoms with E-state index in [1.54, 1.807) is 12.7 Å².